The van der Waals surface area contributed by atoms with Crippen molar-refractivity contribution in [3.8, 4) is 0 Å². The van der Waals surface area contributed by atoms with Crippen molar-refractivity contribution in [1.82, 2.24) is 5.32 Å². The molecule has 0 bridgehead atoms. The molecular weight excluding hydrogens is 200 g/mol. The standard InChI is InChI=1S/C13H20N2O/c1-13(2,3)9-15-8-10-4-6-11(7-5-10)12(14)16/h4-7,15H,8-9H2,1-3H3,(H2,14,16). The Morgan fingerprint density at radius 1 is 1.25 bits per heavy atom. The molecular formula is C13H20N2O. The number of primary amides is 1. The van der Waals surface area contributed by atoms with Crippen molar-refractivity contribution in [3.05, 3.63) is 35.4 Å². The maximum atomic E-state index is 10.9. The van der Waals surface area contributed by atoms with Gasteiger partial charge >= 0.3 is 0 Å². The molecule has 0 saturated carbocycles. The first kappa shape index (κ1) is 12.7. The predicted octanol–water partition coefficient (Wildman–Crippen LogP) is 1.92. The van der Waals surface area contributed by atoms with Crippen LogP contribution in [0, 0.1) is 5.41 Å². The minimum Gasteiger partial charge on any atom is -0.366 e. The van der Waals surface area contributed by atoms with Crippen LogP contribution in [0.2, 0.25) is 0 Å². The molecule has 3 nitrogen and oxygen atoms in total. The van der Waals surface area contributed by atoms with E-state index in [0.29, 0.717) is 5.56 Å². The van der Waals surface area contributed by atoms with Gasteiger partial charge in [0.25, 0.3) is 0 Å². The summed E-state index contributed by atoms with van der Waals surface area (Å²) in [6.07, 6.45) is 0. The van der Waals surface area contributed by atoms with Gasteiger partial charge in [-0.3, -0.25) is 4.79 Å². The Bertz CT molecular complexity index is 349. The van der Waals surface area contributed by atoms with E-state index in [4.69, 9.17) is 5.73 Å². The molecule has 16 heavy (non-hydrogen) atoms. The molecule has 0 heterocycles. The molecule has 1 aromatic carbocycles. The van der Waals surface area contributed by atoms with Crippen molar-refractivity contribution >= 4 is 5.91 Å². The second kappa shape index (κ2) is 5.12. The quantitative estimate of drug-likeness (QED) is 0.814. The van der Waals surface area contributed by atoms with E-state index >= 15 is 0 Å². The molecule has 0 aliphatic carbocycles. The third-order valence-electron chi connectivity index (χ3n) is 2.22. The number of carbonyl (C=O) groups excluding carboxylic acids is 1. The number of carbonyl (C=O) groups is 1. The van der Waals surface area contributed by atoms with Gasteiger partial charge in [0.05, 0.1) is 0 Å². The Kier molecular flexibility index (Phi) is 4.07. The normalized spacial score (nSPS) is 11.4. The fourth-order valence-electron chi connectivity index (χ4n) is 1.37. The summed E-state index contributed by atoms with van der Waals surface area (Å²) in [5.41, 5.74) is 7.17. The summed E-state index contributed by atoms with van der Waals surface area (Å²) in [6.45, 7) is 8.35. The minimum absolute atomic E-state index is 0.285. The molecule has 0 radical (unpaired) electrons. The van der Waals surface area contributed by atoms with Crippen molar-refractivity contribution in [1.29, 1.82) is 0 Å². The van der Waals surface area contributed by atoms with Crippen LogP contribution in [-0.4, -0.2) is 12.5 Å². The van der Waals surface area contributed by atoms with E-state index in [-0.39, 0.29) is 11.3 Å². The molecule has 1 amide bonds. The zero-order valence-corrected chi connectivity index (χ0v) is 10.2. The molecule has 0 saturated heterocycles. The average molecular weight is 220 g/mol. The van der Waals surface area contributed by atoms with Gasteiger partial charge in [0.1, 0.15) is 0 Å². The maximum Gasteiger partial charge on any atom is 0.248 e. The molecule has 0 aromatic heterocycles. The Labute approximate surface area is 97.0 Å². The van der Waals surface area contributed by atoms with Crippen LogP contribution in [0.3, 0.4) is 0 Å². The molecule has 3 N–H and O–H groups in total. The van der Waals surface area contributed by atoms with Crippen molar-refractivity contribution < 1.29 is 4.79 Å². The molecule has 0 atom stereocenters. The van der Waals surface area contributed by atoms with E-state index in [9.17, 15) is 4.79 Å². The van der Waals surface area contributed by atoms with E-state index in [2.05, 4.69) is 26.1 Å². The monoisotopic (exact) mass is 220 g/mol. The molecule has 88 valence electrons. The van der Waals surface area contributed by atoms with Gasteiger partial charge in [-0.05, 0) is 23.1 Å². The molecule has 0 spiro atoms. The Morgan fingerprint density at radius 3 is 2.25 bits per heavy atom. The van der Waals surface area contributed by atoms with Crippen molar-refractivity contribution in [2.45, 2.75) is 27.3 Å². The predicted molar refractivity (Wildman–Crippen MR) is 66.1 cm³/mol. The highest BCUT2D eigenvalue weighted by Crippen LogP contribution is 2.11. The summed E-state index contributed by atoms with van der Waals surface area (Å²) in [5.74, 6) is -0.380. The summed E-state index contributed by atoms with van der Waals surface area (Å²) in [7, 11) is 0. The van der Waals surface area contributed by atoms with Gasteiger partial charge < -0.3 is 11.1 Å². The van der Waals surface area contributed by atoms with Crippen molar-refractivity contribution in [3.63, 3.8) is 0 Å². The fourth-order valence-corrected chi connectivity index (χ4v) is 1.37. The van der Waals surface area contributed by atoms with Crippen LogP contribution in [0.25, 0.3) is 0 Å². The molecule has 0 fully saturated rings. The van der Waals surface area contributed by atoms with Crippen molar-refractivity contribution in [2.75, 3.05) is 6.54 Å². The van der Waals surface area contributed by atoms with Crippen LogP contribution >= 0.6 is 0 Å². The van der Waals surface area contributed by atoms with Gasteiger partial charge in [-0.15, -0.1) is 0 Å². The SMILES string of the molecule is CC(C)(C)CNCc1ccc(C(N)=O)cc1. The van der Waals surface area contributed by atoms with E-state index < -0.39 is 0 Å². The highest BCUT2D eigenvalue weighted by Gasteiger charge is 2.08. The van der Waals surface area contributed by atoms with Gasteiger partial charge in [-0.25, -0.2) is 0 Å². The zero-order valence-electron chi connectivity index (χ0n) is 10.2. The lowest BCUT2D eigenvalue weighted by Gasteiger charge is -2.18. The number of amides is 1. The molecule has 0 unspecified atom stereocenters. The highest BCUT2D eigenvalue weighted by atomic mass is 16.1. The summed E-state index contributed by atoms with van der Waals surface area (Å²) >= 11 is 0. The maximum absolute atomic E-state index is 10.9. The Morgan fingerprint density at radius 2 is 1.81 bits per heavy atom. The number of nitrogens with one attached hydrogen (secondary N) is 1. The lowest BCUT2D eigenvalue weighted by molar-refractivity contribution is 0.100. The molecule has 3 heteroatoms. The number of benzene rings is 1. The smallest absolute Gasteiger partial charge is 0.248 e. The first-order valence-electron chi connectivity index (χ1n) is 5.48. The van der Waals surface area contributed by atoms with Crippen LogP contribution in [0.15, 0.2) is 24.3 Å². The summed E-state index contributed by atoms with van der Waals surface area (Å²) in [6, 6.07) is 7.37. The van der Waals surface area contributed by atoms with Crippen LogP contribution in [0.4, 0.5) is 0 Å². The highest BCUT2D eigenvalue weighted by molar-refractivity contribution is 5.92. The first-order chi connectivity index (χ1) is 7.38. The fraction of sp³-hybridized carbons (Fsp3) is 0.462. The topological polar surface area (TPSA) is 55.1 Å². The van der Waals surface area contributed by atoms with Gasteiger partial charge in [0, 0.05) is 18.7 Å². The van der Waals surface area contributed by atoms with Gasteiger partial charge in [-0.1, -0.05) is 32.9 Å². The zero-order chi connectivity index (χ0) is 12.2. The minimum atomic E-state index is -0.380. The molecule has 1 aromatic rings. The molecule has 1 rings (SSSR count). The van der Waals surface area contributed by atoms with Gasteiger partial charge in [0.2, 0.25) is 5.91 Å². The first-order valence-corrected chi connectivity index (χ1v) is 5.48. The van der Waals surface area contributed by atoms with E-state index in [1.807, 2.05) is 12.1 Å². The summed E-state index contributed by atoms with van der Waals surface area (Å²) in [5, 5.41) is 3.37. The molecule has 0 aliphatic heterocycles. The Balaban J connectivity index is 2.47. The largest absolute Gasteiger partial charge is 0.366 e. The summed E-state index contributed by atoms with van der Waals surface area (Å²) < 4.78 is 0. The van der Waals surface area contributed by atoms with E-state index in [1.54, 1.807) is 12.1 Å². The third-order valence-corrected chi connectivity index (χ3v) is 2.22. The third kappa shape index (κ3) is 4.45. The lowest BCUT2D eigenvalue weighted by atomic mass is 9.97. The number of hydrogen-bond donors (Lipinski definition) is 2. The second-order valence-corrected chi connectivity index (χ2v) is 5.23. The Hall–Kier alpha value is -1.35. The van der Waals surface area contributed by atoms with Gasteiger partial charge in [-0.2, -0.15) is 0 Å². The van der Waals surface area contributed by atoms with E-state index in [0.717, 1.165) is 18.7 Å². The number of hydrogen-bond acceptors (Lipinski definition) is 2. The van der Waals surface area contributed by atoms with Crippen LogP contribution in [0.5, 0.6) is 0 Å². The number of rotatable bonds is 4. The summed E-state index contributed by atoms with van der Waals surface area (Å²) in [4.78, 5) is 10.9. The van der Waals surface area contributed by atoms with E-state index in [1.165, 1.54) is 0 Å². The lowest BCUT2D eigenvalue weighted by Crippen LogP contribution is -2.26. The number of nitrogens with two attached hydrogens (primary N) is 1. The molecule has 0 aliphatic rings. The van der Waals surface area contributed by atoms with Crippen LogP contribution < -0.4 is 11.1 Å². The second-order valence-electron chi connectivity index (χ2n) is 5.23. The van der Waals surface area contributed by atoms with Crippen LogP contribution in [0.1, 0.15) is 36.7 Å². The van der Waals surface area contributed by atoms with Gasteiger partial charge in [0.15, 0.2) is 0 Å². The van der Waals surface area contributed by atoms with Crippen LogP contribution in [-0.2, 0) is 6.54 Å². The van der Waals surface area contributed by atoms with Crippen molar-refractivity contribution in [2.24, 2.45) is 11.1 Å². The average Bonchev–Trinajstić information content (AvgIpc) is 2.16.